The van der Waals surface area contributed by atoms with Crippen LogP contribution in [0.15, 0.2) is 23.1 Å². The van der Waals surface area contributed by atoms with Gasteiger partial charge in [-0.25, -0.2) is 0 Å². The third-order valence-corrected chi connectivity index (χ3v) is 4.81. The van der Waals surface area contributed by atoms with Gasteiger partial charge in [-0.1, -0.05) is 12.8 Å². The van der Waals surface area contributed by atoms with Gasteiger partial charge in [0.05, 0.1) is 9.82 Å². The number of hydrogen-bond donors (Lipinski definition) is 0. The van der Waals surface area contributed by atoms with Crippen molar-refractivity contribution in [3.05, 3.63) is 33.9 Å². The molecule has 4 nitrogen and oxygen atoms in total. The van der Waals surface area contributed by atoms with Gasteiger partial charge >= 0.3 is 0 Å². The zero-order chi connectivity index (χ0) is 13.8. The van der Waals surface area contributed by atoms with Crippen molar-refractivity contribution in [1.29, 1.82) is 0 Å². The average Bonchev–Trinajstić information content (AvgIpc) is 2.89. The van der Waals surface area contributed by atoms with Crippen LogP contribution in [0.2, 0.25) is 0 Å². The van der Waals surface area contributed by atoms with Crippen LogP contribution in [0.4, 0.5) is 5.69 Å². The lowest BCUT2D eigenvalue weighted by Gasteiger charge is -2.09. The second-order valence-electron chi connectivity index (χ2n) is 4.96. The van der Waals surface area contributed by atoms with Gasteiger partial charge in [0, 0.05) is 17.4 Å². The van der Waals surface area contributed by atoms with E-state index in [2.05, 4.69) is 0 Å². The van der Waals surface area contributed by atoms with Crippen LogP contribution in [0.1, 0.15) is 43.0 Å². The molecule has 1 aliphatic rings. The first-order chi connectivity index (χ1) is 9.08. The van der Waals surface area contributed by atoms with E-state index in [1.165, 1.54) is 38.7 Å². The first-order valence-electron chi connectivity index (χ1n) is 6.50. The third kappa shape index (κ3) is 3.56. The molecule has 1 aromatic rings. The van der Waals surface area contributed by atoms with Crippen molar-refractivity contribution in [3.63, 3.8) is 0 Å². The number of carbonyl (C=O) groups is 1. The summed E-state index contributed by atoms with van der Waals surface area (Å²) >= 11 is 1.54. The average molecular weight is 279 g/mol. The Morgan fingerprint density at radius 1 is 1.42 bits per heavy atom. The maximum absolute atomic E-state index is 11.3. The predicted octanol–water partition coefficient (Wildman–Crippen LogP) is 4.08. The van der Waals surface area contributed by atoms with E-state index in [1.54, 1.807) is 23.9 Å². The van der Waals surface area contributed by atoms with Gasteiger partial charge in [-0.15, -0.1) is 11.8 Å². The number of ketones is 1. The van der Waals surface area contributed by atoms with Crippen LogP contribution in [0.25, 0.3) is 0 Å². The van der Waals surface area contributed by atoms with Gasteiger partial charge in [-0.05, 0) is 37.8 Å². The molecule has 0 bridgehead atoms. The highest BCUT2D eigenvalue weighted by Crippen LogP contribution is 2.35. The summed E-state index contributed by atoms with van der Waals surface area (Å²) in [6.07, 6.45) is 5.01. The van der Waals surface area contributed by atoms with Crippen molar-refractivity contribution in [3.8, 4) is 0 Å². The molecule has 0 amide bonds. The van der Waals surface area contributed by atoms with Crippen molar-refractivity contribution in [2.24, 2.45) is 5.92 Å². The Labute approximate surface area is 116 Å². The molecule has 0 heterocycles. The first-order valence-corrected chi connectivity index (χ1v) is 7.48. The summed E-state index contributed by atoms with van der Waals surface area (Å²) in [6.45, 7) is 1.42. The standard InChI is InChI=1S/C14H17NO3S/c1-10(16)12-6-7-14(13(8-12)15(17)18)19-9-11-4-2-3-5-11/h6-8,11H,2-5,9H2,1H3. The highest BCUT2D eigenvalue weighted by molar-refractivity contribution is 7.99. The molecule has 1 saturated carbocycles. The number of hydrogen-bond acceptors (Lipinski definition) is 4. The molecule has 0 N–H and O–H groups in total. The smallest absolute Gasteiger partial charge is 0.283 e. The Hall–Kier alpha value is -1.36. The van der Waals surface area contributed by atoms with E-state index in [9.17, 15) is 14.9 Å². The lowest BCUT2D eigenvalue weighted by molar-refractivity contribution is -0.387. The van der Waals surface area contributed by atoms with Gasteiger partial charge < -0.3 is 0 Å². The largest absolute Gasteiger partial charge is 0.295 e. The Balaban J connectivity index is 2.14. The maximum Gasteiger partial charge on any atom is 0.283 e. The fourth-order valence-corrected chi connectivity index (χ4v) is 3.58. The summed E-state index contributed by atoms with van der Waals surface area (Å²) in [7, 11) is 0. The lowest BCUT2D eigenvalue weighted by atomic mass is 10.1. The number of carbonyl (C=O) groups excluding carboxylic acids is 1. The van der Waals surface area contributed by atoms with Crippen molar-refractivity contribution in [2.45, 2.75) is 37.5 Å². The predicted molar refractivity (Wildman–Crippen MR) is 75.8 cm³/mol. The van der Waals surface area contributed by atoms with Crippen molar-refractivity contribution >= 4 is 23.2 Å². The molecule has 19 heavy (non-hydrogen) atoms. The minimum Gasteiger partial charge on any atom is -0.295 e. The molecule has 5 heteroatoms. The molecule has 0 aromatic heterocycles. The molecule has 0 unspecified atom stereocenters. The summed E-state index contributed by atoms with van der Waals surface area (Å²) in [4.78, 5) is 22.6. The summed E-state index contributed by atoms with van der Waals surface area (Å²) in [5, 5.41) is 11.1. The molecule has 1 aliphatic carbocycles. The Morgan fingerprint density at radius 3 is 2.68 bits per heavy atom. The minimum atomic E-state index is -0.399. The molecule has 0 atom stereocenters. The monoisotopic (exact) mass is 279 g/mol. The topological polar surface area (TPSA) is 60.2 Å². The van der Waals surface area contributed by atoms with E-state index in [0.717, 1.165) is 5.75 Å². The molecule has 0 radical (unpaired) electrons. The van der Waals surface area contributed by atoms with E-state index in [1.807, 2.05) is 0 Å². The summed E-state index contributed by atoms with van der Waals surface area (Å²) in [6, 6.07) is 4.76. The number of benzene rings is 1. The highest BCUT2D eigenvalue weighted by atomic mass is 32.2. The summed E-state index contributed by atoms with van der Waals surface area (Å²) in [5.74, 6) is 1.47. The molecule has 1 fully saturated rings. The number of nitrogens with zero attached hydrogens (tertiary/aromatic N) is 1. The number of nitro benzene ring substituents is 1. The number of Topliss-reactive ketones (excluding diaryl/α,β-unsaturated/α-hetero) is 1. The van der Waals surface area contributed by atoms with Crippen LogP contribution in [-0.2, 0) is 0 Å². The van der Waals surface area contributed by atoms with Crippen molar-refractivity contribution < 1.29 is 9.72 Å². The molecule has 2 rings (SSSR count). The van der Waals surface area contributed by atoms with E-state index < -0.39 is 4.92 Å². The third-order valence-electron chi connectivity index (χ3n) is 3.51. The Morgan fingerprint density at radius 2 is 2.11 bits per heavy atom. The van der Waals surface area contributed by atoms with Gasteiger partial charge in [0.2, 0.25) is 0 Å². The molecule has 1 aromatic carbocycles. The molecule has 102 valence electrons. The minimum absolute atomic E-state index is 0.0516. The number of nitro groups is 1. The van der Waals surface area contributed by atoms with E-state index in [-0.39, 0.29) is 11.5 Å². The Bertz CT molecular complexity index is 495. The van der Waals surface area contributed by atoms with Gasteiger partial charge in [-0.2, -0.15) is 0 Å². The normalized spacial score (nSPS) is 15.6. The van der Waals surface area contributed by atoms with E-state index in [0.29, 0.717) is 16.4 Å². The summed E-state index contributed by atoms with van der Waals surface area (Å²) in [5.41, 5.74) is 0.451. The van der Waals surface area contributed by atoms with Crippen LogP contribution in [-0.4, -0.2) is 16.5 Å². The second-order valence-corrected chi connectivity index (χ2v) is 6.02. The number of rotatable bonds is 5. The molecule has 0 saturated heterocycles. The van der Waals surface area contributed by atoms with Crippen molar-refractivity contribution in [1.82, 2.24) is 0 Å². The quantitative estimate of drug-likeness (QED) is 0.352. The SMILES string of the molecule is CC(=O)c1ccc(SCC2CCCC2)c([N+](=O)[O-])c1. The zero-order valence-corrected chi connectivity index (χ0v) is 11.7. The zero-order valence-electron chi connectivity index (χ0n) is 10.9. The Kier molecular flexibility index (Phi) is 4.58. The molecular formula is C14H17NO3S. The highest BCUT2D eigenvalue weighted by Gasteiger charge is 2.20. The van der Waals surface area contributed by atoms with Crippen LogP contribution >= 0.6 is 11.8 Å². The van der Waals surface area contributed by atoms with Crippen LogP contribution in [0, 0.1) is 16.0 Å². The summed E-state index contributed by atoms with van der Waals surface area (Å²) < 4.78 is 0. The van der Waals surface area contributed by atoms with Crippen LogP contribution in [0.5, 0.6) is 0 Å². The van der Waals surface area contributed by atoms with Gasteiger partial charge in [-0.3, -0.25) is 14.9 Å². The van der Waals surface area contributed by atoms with E-state index in [4.69, 9.17) is 0 Å². The van der Waals surface area contributed by atoms with Crippen LogP contribution < -0.4 is 0 Å². The molecule has 0 spiro atoms. The second kappa shape index (κ2) is 6.19. The fraction of sp³-hybridized carbons (Fsp3) is 0.500. The van der Waals surface area contributed by atoms with E-state index >= 15 is 0 Å². The molecule has 0 aliphatic heterocycles. The number of thioether (sulfide) groups is 1. The van der Waals surface area contributed by atoms with Gasteiger partial charge in [0.1, 0.15) is 0 Å². The fourth-order valence-electron chi connectivity index (χ4n) is 2.39. The van der Waals surface area contributed by atoms with Gasteiger partial charge in [0.25, 0.3) is 5.69 Å². The maximum atomic E-state index is 11.3. The molecular weight excluding hydrogens is 262 g/mol. The van der Waals surface area contributed by atoms with Crippen molar-refractivity contribution in [2.75, 3.05) is 5.75 Å². The van der Waals surface area contributed by atoms with Gasteiger partial charge in [0.15, 0.2) is 5.78 Å². The van der Waals surface area contributed by atoms with Crippen LogP contribution in [0.3, 0.4) is 0 Å². The first kappa shape index (κ1) is 14.1. The lowest BCUT2D eigenvalue weighted by Crippen LogP contribution is -2.00.